The summed E-state index contributed by atoms with van der Waals surface area (Å²) in [6.07, 6.45) is -2.48. The lowest BCUT2D eigenvalue weighted by atomic mass is 10.2. The molecule has 0 aliphatic heterocycles. The number of hydrogen-bond acceptors (Lipinski definition) is 5. The van der Waals surface area contributed by atoms with E-state index in [9.17, 15) is 23.1 Å². The third-order valence-electron chi connectivity index (χ3n) is 3.89. The van der Waals surface area contributed by atoms with E-state index in [-0.39, 0.29) is 27.9 Å². The first-order valence-corrected chi connectivity index (χ1v) is 9.38. The Kier molecular flexibility index (Phi) is 6.22. The molecule has 2 heterocycles. The van der Waals surface area contributed by atoms with Crippen LogP contribution in [0, 0.1) is 0 Å². The van der Waals surface area contributed by atoms with Crippen LogP contribution in [0.1, 0.15) is 10.4 Å². The molecule has 0 saturated carbocycles. The maximum absolute atomic E-state index is 13.0. The first-order chi connectivity index (χ1) is 14.1. The van der Waals surface area contributed by atoms with Crippen molar-refractivity contribution in [3.8, 4) is 17.1 Å². The Morgan fingerprint density at radius 3 is 2.73 bits per heavy atom. The number of aromatic nitrogens is 3. The number of carboxylic acids is 1. The molecule has 12 heteroatoms. The molecule has 2 aromatic heterocycles. The lowest BCUT2D eigenvalue weighted by Crippen LogP contribution is -2.18. The summed E-state index contributed by atoms with van der Waals surface area (Å²) in [5, 5.41) is 12.0. The van der Waals surface area contributed by atoms with Gasteiger partial charge in [-0.1, -0.05) is 27.5 Å². The van der Waals surface area contributed by atoms with Crippen LogP contribution in [0.4, 0.5) is 24.8 Å². The summed E-state index contributed by atoms with van der Waals surface area (Å²) in [7, 11) is 1.47. The van der Waals surface area contributed by atoms with Crippen LogP contribution in [0.5, 0.6) is 5.75 Å². The number of methoxy groups -OCH3 is 1. The number of nitrogens with zero attached hydrogens (tertiary/aromatic N) is 3. The molecular weight excluding hydrogens is 493 g/mol. The van der Waals surface area contributed by atoms with Gasteiger partial charge in [0.2, 0.25) is 5.95 Å². The standard InChI is InChI=1S/C18H13BrClF3N4O3/c1-30-14-5-10(19)2-3-12(14)25-17-24-6-11(20)15(26-17)13-4-9(16(28)29)7-27(13)8-18(21,22)23/h2-7H,8H2,1H3,(H,28,29)(H,24,25,26). The highest BCUT2D eigenvalue weighted by Crippen LogP contribution is 2.33. The van der Waals surface area contributed by atoms with Gasteiger partial charge < -0.3 is 19.7 Å². The Morgan fingerprint density at radius 1 is 1.37 bits per heavy atom. The minimum atomic E-state index is -4.57. The summed E-state index contributed by atoms with van der Waals surface area (Å²) in [4.78, 5) is 19.5. The van der Waals surface area contributed by atoms with Crippen molar-refractivity contribution >= 4 is 45.1 Å². The largest absolute Gasteiger partial charge is 0.495 e. The molecule has 3 aromatic rings. The van der Waals surface area contributed by atoms with Crippen LogP contribution in [-0.4, -0.2) is 38.9 Å². The van der Waals surface area contributed by atoms with Gasteiger partial charge in [-0.05, 0) is 24.3 Å². The van der Waals surface area contributed by atoms with Gasteiger partial charge in [0.25, 0.3) is 0 Å². The van der Waals surface area contributed by atoms with E-state index in [0.29, 0.717) is 11.4 Å². The van der Waals surface area contributed by atoms with E-state index < -0.39 is 18.7 Å². The second-order valence-electron chi connectivity index (χ2n) is 6.02. The fourth-order valence-electron chi connectivity index (χ4n) is 2.65. The molecule has 3 rings (SSSR count). The zero-order valence-corrected chi connectivity index (χ0v) is 17.5. The van der Waals surface area contributed by atoms with Gasteiger partial charge in [0.15, 0.2) is 0 Å². The fourth-order valence-corrected chi connectivity index (χ4v) is 3.17. The Bertz CT molecular complexity index is 1100. The predicted molar refractivity (Wildman–Crippen MR) is 107 cm³/mol. The van der Waals surface area contributed by atoms with Crippen LogP contribution >= 0.6 is 27.5 Å². The predicted octanol–water partition coefficient (Wildman–Crippen LogP) is 5.37. The average molecular weight is 506 g/mol. The summed E-state index contributed by atoms with van der Waals surface area (Å²) < 4.78 is 45.7. The third kappa shape index (κ3) is 5.03. The van der Waals surface area contributed by atoms with E-state index in [1.807, 2.05) is 0 Å². The number of hydrogen-bond donors (Lipinski definition) is 2. The van der Waals surface area contributed by atoms with Crippen LogP contribution in [0.15, 0.2) is 41.1 Å². The van der Waals surface area contributed by atoms with E-state index in [4.69, 9.17) is 16.3 Å². The zero-order valence-electron chi connectivity index (χ0n) is 15.2. The smallest absolute Gasteiger partial charge is 0.406 e. The molecule has 7 nitrogen and oxygen atoms in total. The molecule has 0 unspecified atom stereocenters. The minimum absolute atomic E-state index is 0.0339. The van der Waals surface area contributed by atoms with Gasteiger partial charge in [-0.3, -0.25) is 0 Å². The number of rotatable bonds is 6. The van der Waals surface area contributed by atoms with Gasteiger partial charge in [0.05, 0.1) is 35.3 Å². The highest BCUT2D eigenvalue weighted by Gasteiger charge is 2.30. The molecular formula is C18H13BrClF3N4O3. The quantitative estimate of drug-likeness (QED) is 0.468. The highest BCUT2D eigenvalue weighted by molar-refractivity contribution is 9.10. The molecule has 0 spiro atoms. The third-order valence-corrected chi connectivity index (χ3v) is 4.66. The number of carboxylic acid groups (broad SMARTS) is 1. The molecule has 0 bridgehead atoms. The molecule has 30 heavy (non-hydrogen) atoms. The van der Waals surface area contributed by atoms with Gasteiger partial charge >= 0.3 is 12.1 Å². The van der Waals surface area contributed by atoms with Crippen LogP contribution in [-0.2, 0) is 6.54 Å². The number of anilines is 2. The van der Waals surface area contributed by atoms with Gasteiger partial charge in [-0.15, -0.1) is 0 Å². The molecule has 0 aliphatic carbocycles. The SMILES string of the molecule is COc1cc(Br)ccc1Nc1ncc(Cl)c(-c2cc(C(=O)O)cn2CC(F)(F)F)n1. The molecule has 158 valence electrons. The van der Waals surface area contributed by atoms with E-state index in [0.717, 1.165) is 21.3 Å². The molecule has 0 fully saturated rings. The van der Waals surface area contributed by atoms with Crippen molar-refractivity contribution in [3.05, 3.63) is 51.7 Å². The van der Waals surface area contributed by atoms with Crippen LogP contribution in [0.3, 0.4) is 0 Å². The lowest BCUT2D eigenvalue weighted by Gasteiger charge is -2.14. The number of ether oxygens (including phenoxy) is 1. The average Bonchev–Trinajstić information content (AvgIpc) is 3.06. The number of nitrogens with one attached hydrogen (secondary N) is 1. The number of alkyl halides is 3. The highest BCUT2D eigenvalue weighted by atomic mass is 79.9. The summed E-state index contributed by atoms with van der Waals surface area (Å²) in [6, 6.07) is 6.21. The number of aromatic carboxylic acids is 1. The van der Waals surface area contributed by atoms with E-state index in [1.54, 1.807) is 18.2 Å². The monoisotopic (exact) mass is 504 g/mol. The van der Waals surface area contributed by atoms with Gasteiger partial charge in [-0.2, -0.15) is 13.2 Å². The van der Waals surface area contributed by atoms with Gasteiger partial charge in [-0.25, -0.2) is 14.8 Å². The minimum Gasteiger partial charge on any atom is -0.495 e. The molecule has 0 saturated heterocycles. The molecule has 0 radical (unpaired) electrons. The summed E-state index contributed by atoms with van der Waals surface area (Å²) in [5.74, 6) is -0.870. The molecule has 0 atom stereocenters. The maximum Gasteiger partial charge on any atom is 0.406 e. The molecule has 0 aliphatic rings. The van der Waals surface area contributed by atoms with Gasteiger partial charge in [0, 0.05) is 10.7 Å². The normalized spacial score (nSPS) is 11.4. The van der Waals surface area contributed by atoms with Crippen molar-refractivity contribution in [2.45, 2.75) is 12.7 Å². The van der Waals surface area contributed by atoms with Crippen LogP contribution in [0.2, 0.25) is 5.02 Å². The van der Waals surface area contributed by atoms with Crippen LogP contribution < -0.4 is 10.1 Å². The summed E-state index contributed by atoms with van der Waals surface area (Å²) >= 11 is 9.44. The summed E-state index contributed by atoms with van der Waals surface area (Å²) in [6.45, 7) is -1.40. The van der Waals surface area contributed by atoms with E-state index in [2.05, 4.69) is 31.2 Å². The van der Waals surface area contributed by atoms with Crippen molar-refractivity contribution in [3.63, 3.8) is 0 Å². The first-order valence-electron chi connectivity index (χ1n) is 8.21. The van der Waals surface area contributed by atoms with Crippen molar-refractivity contribution in [2.24, 2.45) is 0 Å². The number of halogens is 5. The maximum atomic E-state index is 13.0. The molecule has 0 amide bonds. The molecule has 2 N–H and O–H groups in total. The van der Waals surface area contributed by atoms with Crippen molar-refractivity contribution < 1.29 is 27.8 Å². The summed E-state index contributed by atoms with van der Waals surface area (Å²) in [5.41, 5.74) is 0.0174. The van der Waals surface area contributed by atoms with E-state index in [1.165, 1.54) is 13.3 Å². The van der Waals surface area contributed by atoms with Crippen molar-refractivity contribution in [1.82, 2.24) is 14.5 Å². The number of carbonyl (C=O) groups is 1. The molecule has 1 aromatic carbocycles. The van der Waals surface area contributed by atoms with Crippen molar-refractivity contribution in [2.75, 3.05) is 12.4 Å². The Hall–Kier alpha value is -2.79. The lowest BCUT2D eigenvalue weighted by molar-refractivity contribution is -0.140. The Balaban J connectivity index is 2.05. The van der Waals surface area contributed by atoms with Crippen LogP contribution in [0.25, 0.3) is 11.4 Å². The Morgan fingerprint density at radius 2 is 2.10 bits per heavy atom. The van der Waals surface area contributed by atoms with Gasteiger partial charge in [0.1, 0.15) is 18.0 Å². The van der Waals surface area contributed by atoms with E-state index >= 15 is 0 Å². The Labute approximate surface area is 181 Å². The zero-order chi connectivity index (χ0) is 22.1. The number of benzene rings is 1. The second-order valence-corrected chi connectivity index (χ2v) is 7.34. The topological polar surface area (TPSA) is 89.3 Å². The second kappa shape index (κ2) is 8.52. The van der Waals surface area contributed by atoms with Crippen molar-refractivity contribution in [1.29, 1.82) is 0 Å². The first kappa shape index (κ1) is 21.9. The fraction of sp³-hybridized carbons (Fsp3) is 0.167.